The van der Waals surface area contributed by atoms with E-state index in [4.69, 9.17) is 11.6 Å². The fraction of sp³-hybridized carbons (Fsp3) is 0.200. The molecule has 1 aliphatic rings. The van der Waals surface area contributed by atoms with Crippen molar-refractivity contribution >= 4 is 49.7 Å². The van der Waals surface area contributed by atoms with Crippen LogP contribution in [0.25, 0.3) is 11.3 Å². The third kappa shape index (κ3) is 4.44. The molecule has 0 aliphatic heterocycles. The van der Waals surface area contributed by atoms with E-state index < -0.39 is 15.4 Å². The minimum Gasteiger partial charge on any atom is -0.301 e. The lowest BCUT2D eigenvalue weighted by Gasteiger charge is -2.14. The molecule has 2 N–H and O–H groups in total. The SMILES string of the molecule is CS(=O)(=O)Nc1ccc(-c2csc(NC(=O)C3(c4cccc(Cl)c4)CC3)n2)cc1. The van der Waals surface area contributed by atoms with E-state index in [1.54, 1.807) is 30.3 Å². The molecule has 9 heteroatoms. The van der Waals surface area contributed by atoms with Crippen molar-refractivity contribution in [3.05, 3.63) is 64.5 Å². The first-order valence-corrected chi connectivity index (χ1v) is 12.0. The van der Waals surface area contributed by atoms with Crippen LogP contribution in [0, 0.1) is 0 Å². The first-order valence-electron chi connectivity index (χ1n) is 8.86. The molecule has 1 fully saturated rings. The van der Waals surface area contributed by atoms with E-state index in [0.29, 0.717) is 21.5 Å². The topological polar surface area (TPSA) is 88.2 Å². The fourth-order valence-electron chi connectivity index (χ4n) is 3.16. The zero-order valence-electron chi connectivity index (χ0n) is 15.5. The average Bonchev–Trinajstić information content (AvgIpc) is 3.35. The molecule has 0 spiro atoms. The lowest BCUT2D eigenvalue weighted by molar-refractivity contribution is -0.118. The number of thiazole rings is 1. The Morgan fingerprint density at radius 3 is 2.52 bits per heavy atom. The number of hydrogen-bond acceptors (Lipinski definition) is 5. The molecule has 1 aromatic heterocycles. The quantitative estimate of drug-likeness (QED) is 0.582. The van der Waals surface area contributed by atoms with Gasteiger partial charge in [0.15, 0.2) is 5.13 Å². The van der Waals surface area contributed by atoms with Crippen LogP contribution in [0.4, 0.5) is 10.8 Å². The largest absolute Gasteiger partial charge is 0.301 e. The Morgan fingerprint density at radius 1 is 1.17 bits per heavy atom. The summed E-state index contributed by atoms with van der Waals surface area (Å²) in [5.41, 5.74) is 2.42. The second-order valence-electron chi connectivity index (χ2n) is 7.04. The smallest absolute Gasteiger partial charge is 0.236 e. The zero-order valence-corrected chi connectivity index (χ0v) is 17.9. The van der Waals surface area contributed by atoms with Gasteiger partial charge < -0.3 is 5.32 Å². The van der Waals surface area contributed by atoms with Gasteiger partial charge in [-0.3, -0.25) is 9.52 Å². The first kappa shape index (κ1) is 19.9. The lowest BCUT2D eigenvalue weighted by atomic mass is 9.95. The van der Waals surface area contributed by atoms with E-state index in [-0.39, 0.29) is 5.91 Å². The number of carbonyl (C=O) groups is 1. The number of hydrogen-bond donors (Lipinski definition) is 2. The van der Waals surface area contributed by atoms with Crippen LogP contribution in [0.2, 0.25) is 5.02 Å². The molecular formula is C20H18ClN3O3S2. The Labute approximate surface area is 178 Å². The lowest BCUT2D eigenvalue weighted by Crippen LogP contribution is -2.27. The number of carbonyl (C=O) groups excluding carboxylic acids is 1. The predicted molar refractivity (Wildman–Crippen MR) is 117 cm³/mol. The highest BCUT2D eigenvalue weighted by molar-refractivity contribution is 7.92. The molecule has 1 amide bonds. The summed E-state index contributed by atoms with van der Waals surface area (Å²) in [6.07, 6.45) is 2.67. The number of halogens is 1. The van der Waals surface area contributed by atoms with Crippen molar-refractivity contribution < 1.29 is 13.2 Å². The Hall–Kier alpha value is -2.42. The van der Waals surface area contributed by atoms with Crippen LogP contribution in [-0.2, 0) is 20.2 Å². The second-order valence-corrected chi connectivity index (χ2v) is 10.1. The van der Waals surface area contributed by atoms with Crippen molar-refractivity contribution in [2.75, 3.05) is 16.3 Å². The van der Waals surface area contributed by atoms with Crippen LogP contribution < -0.4 is 10.0 Å². The van der Waals surface area contributed by atoms with Crippen LogP contribution in [0.3, 0.4) is 0 Å². The molecule has 1 saturated carbocycles. The number of nitrogens with one attached hydrogen (secondary N) is 2. The molecular weight excluding hydrogens is 430 g/mol. The van der Waals surface area contributed by atoms with E-state index in [2.05, 4.69) is 15.0 Å². The molecule has 150 valence electrons. The number of sulfonamides is 1. The summed E-state index contributed by atoms with van der Waals surface area (Å²) >= 11 is 7.43. The second kappa shape index (κ2) is 7.44. The van der Waals surface area contributed by atoms with Crippen molar-refractivity contribution in [2.45, 2.75) is 18.3 Å². The Morgan fingerprint density at radius 2 is 1.90 bits per heavy atom. The Balaban J connectivity index is 1.48. The van der Waals surface area contributed by atoms with Crippen molar-refractivity contribution in [1.82, 2.24) is 4.98 Å². The third-order valence-electron chi connectivity index (χ3n) is 4.77. The van der Waals surface area contributed by atoms with Gasteiger partial charge in [0.1, 0.15) is 0 Å². The minimum atomic E-state index is -3.32. The summed E-state index contributed by atoms with van der Waals surface area (Å²) in [4.78, 5) is 17.4. The zero-order chi connectivity index (χ0) is 20.6. The summed E-state index contributed by atoms with van der Waals surface area (Å²) in [5.74, 6) is -0.0756. The molecule has 1 heterocycles. The van der Waals surface area contributed by atoms with Crippen LogP contribution in [0.1, 0.15) is 18.4 Å². The molecule has 29 heavy (non-hydrogen) atoms. The number of anilines is 2. The van der Waals surface area contributed by atoms with Gasteiger partial charge in [0.25, 0.3) is 0 Å². The van der Waals surface area contributed by atoms with E-state index in [1.165, 1.54) is 11.3 Å². The van der Waals surface area contributed by atoms with Crippen molar-refractivity contribution in [2.24, 2.45) is 0 Å². The molecule has 1 aliphatic carbocycles. The molecule has 0 radical (unpaired) electrons. The maximum absolute atomic E-state index is 12.9. The highest BCUT2D eigenvalue weighted by Crippen LogP contribution is 2.49. The van der Waals surface area contributed by atoms with Gasteiger partial charge in [-0.1, -0.05) is 35.9 Å². The normalized spacial score (nSPS) is 15.0. The number of aromatic nitrogens is 1. The summed E-state index contributed by atoms with van der Waals surface area (Å²) in [5, 5.41) is 5.93. The van der Waals surface area contributed by atoms with E-state index >= 15 is 0 Å². The maximum Gasteiger partial charge on any atom is 0.236 e. The van der Waals surface area contributed by atoms with E-state index in [1.807, 2.05) is 23.6 Å². The van der Waals surface area contributed by atoms with E-state index in [0.717, 1.165) is 30.2 Å². The van der Waals surface area contributed by atoms with Crippen molar-refractivity contribution in [1.29, 1.82) is 0 Å². The first-order chi connectivity index (χ1) is 13.7. The molecule has 0 bridgehead atoms. The molecule has 2 aromatic carbocycles. The van der Waals surface area contributed by atoms with Crippen LogP contribution in [0.15, 0.2) is 53.9 Å². The fourth-order valence-corrected chi connectivity index (χ4v) is 4.63. The Kier molecular flexibility index (Phi) is 5.10. The van der Waals surface area contributed by atoms with Gasteiger partial charge in [-0.2, -0.15) is 0 Å². The van der Waals surface area contributed by atoms with Gasteiger partial charge in [-0.25, -0.2) is 13.4 Å². The highest BCUT2D eigenvalue weighted by Gasteiger charge is 2.51. The predicted octanol–water partition coefficient (Wildman–Crippen LogP) is 4.51. The van der Waals surface area contributed by atoms with Crippen molar-refractivity contribution in [3.63, 3.8) is 0 Å². The van der Waals surface area contributed by atoms with Gasteiger partial charge in [-0.05, 0) is 42.7 Å². The van der Waals surface area contributed by atoms with Crippen LogP contribution >= 0.6 is 22.9 Å². The molecule has 0 unspecified atom stereocenters. The van der Waals surface area contributed by atoms with Gasteiger partial charge in [0.05, 0.1) is 17.4 Å². The number of rotatable bonds is 6. The Bertz CT molecular complexity index is 1170. The van der Waals surface area contributed by atoms with Gasteiger partial charge in [-0.15, -0.1) is 11.3 Å². The molecule has 4 rings (SSSR count). The summed E-state index contributed by atoms with van der Waals surface area (Å²) < 4.78 is 25.0. The summed E-state index contributed by atoms with van der Waals surface area (Å²) in [6, 6.07) is 14.3. The monoisotopic (exact) mass is 447 g/mol. The summed E-state index contributed by atoms with van der Waals surface area (Å²) in [6.45, 7) is 0. The molecule has 0 saturated heterocycles. The number of amides is 1. The highest BCUT2D eigenvalue weighted by atomic mass is 35.5. The van der Waals surface area contributed by atoms with Crippen LogP contribution in [-0.4, -0.2) is 25.6 Å². The number of nitrogens with zero attached hydrogens (tertiary/aromatic N) is 1. The average molecular weight is 448 g/mol. The third-order valence-corrected chi connectivity index (χ3v) is 6.37. The molecule has 6 nitrogen and oxygen atoms in total. The minimum absolute atomic E-state index is 0.0756. The summed E-state index contributed by atoms with van der Waals surface area (Å²) in [7, 11) is -3.32. The maximum atomic E-state index is 12.9. The van der Waals surface area contributed by atoms with Gasteiger partial charge in [0.2, 0.25) is 15.9 Å². The molecule has 0 atom stereocenters. The standard InChI is InChI=1S/C20H18ClN3O3S2/c1-29(26,27)24-16-7-5-13(6-8-16)17-12-28-19(22-17)23-18(25)20(9-10-20)14-3-2-4-15(21)11-14/h2-8,11-12,24H,9-10H2,1H3,(H,22,23,25). The molecule has 3 aromatic rings. The van der Waals surface area contributed by atoms with Crippen molar-refractivity contribution in [3.8, 4) is 11.3 Å². The number of benzene rings is 2. The van der Waals surface area contributed by atoms with Crippen LogP contribution in [0.5, 0.6) is 0 Å². The van der Waals surface area contributed by atoms with Gasteiger partial charge in [0, 0.05) is 21.7 Å². The van der Waals surface area contributed by atoms with E-state index in [9.17, 15) is 13.2 Å². The van der Waals surface area contributed by atoms with Gasteiger partial charge >= 0.3 is 0 Å².